The fraction of sp³-hybridized carbons (Fsp3) is 0.588. The van der Waals surface area contributed by atoms with Crippen molar-refractivity contribution in [3.05, 3.63) is 34.9 Å². The number of halogens is 1. The van der Waals surface area contributed by atoms with Crippen LogP contribution in [0.25, 0.3) is 0 Å². The van der Waals surface area contributed by atoms with Crippen molar-refractivity contribution in [2.24, 2.45) is 17.8 Å². The number of esters is 1. The van der Waals surface area contributed by atoms with Crippen LogP contribution in [0.1, 0.15) is 50.4 Å². The zero-order valence-electron chi connectivity index (χ0n) is 12.4. The third kappa shape index (κ3) is 3.54. The molecule has 0 amide bonds. The number of ether oxygens (including phenoxy) is 1. The van der Waals surface area contributed by atoms with Gasteiger partial charge in [0, 0.05) is 0 Å². The highest BCUT2D eigenvalue weighted by Gasteiger charge is 2.33. The third-order valence-electron chi connectivity index (χ3n) is 4.31. The molecule has 1 aromatic carbocycles. The van der Waals surface area contributed by atoms with E-state index in [1.54, 1.807) is 12.1 Å². The number of carbonyl (C=O) groups excluding carboxylic acids is 1. The fourth-order valence-electron chi connectivity index (χ4n) is 3.08. The van der Waals surface area contributed by atoms with Crippen LogP contribution in [0.3, 0.4) is 0 Å². The summed E-state index contributed by atoms with van der Waals surface area (Å²) in [7, 11) is 0. The highest BCUT2D eigenvalue weighted by molar-refractivity contribution is 6.33. The van der Waals surface area contributed by atoms with Crippen molar-refractivity contribution in [1.29, 1.82) is 0 Å². The fourth-order valence-corrected chi connectivity index (χ4v) is 3.29. The molecule has 3 unspecified atom stereocenters. The van der Waals surface area contributed by atoms with Gasteiger partial charge in [0.05, 0.1) is 10.6 Å². The molecule has 1 aliphatic carbocycles. The number of hydrogen-bond acceptors (Lipinski definition) is 2. The van der Waals surface area contributed by atoms with Gasteiger partial charge in [0.25, 0.3) is 0 Å². The van der Waals surface area contributed by atoms with Crippen LogP contribution in [0.2, 0.25) is 5.02 Å². The molecule has 0 aromatic heterocycles. The Labute approximate surface area is 126 Å². The zero-order valence-corrected chi connectivity index (χ0v) is 13.2. The van der Waals surface area contributed by atoms with Crippen LogP contribution in [0.4, 0.5) is 0 Å². The maximum atomic E-state index is 12.3. The number of benzene rings is 1. The minimum Gasteiger partial charge on any atom is -0.458 e. The third-order valence-corrected chi connectivity index (χ3v) is 4.64. The van der Waals surface area contributed by atoms with Gasteiger partial charge in [-0.25, -0.2) is 4.79 Å². The average molecular weight is 295 g/mol. The molecule has 1 fully saturated rings. The highest BCUT2D eigenvalue weighted by Crippen LogP contribution is 2.36. The Morgan fingerprint density at radius 1 is 1.30 bits per heavy atom. The lowest BCUT2D eigenvalue weighted by Crippen LogP contribution is -2.35. The van der Waals surface area contributed by atoms with Crippen LogP contribution in [0, 0.1) is 17.8 Å². The molecule has 3 heteroatoms. The summed E-state index contributed by atoms with van der Waals surface area (Å²) in [4.78, 5) is 12.3. The summed E-state index contributed by atoms with van der Waals surface area (Å²) in [5.41, 5.74) is 0.467. The lowest BCUT2D eigenvalue weighted by molar-refractivity contribution is -0.0173. The Morgan fingerprint density at radius 3 is 2.65 bits per heavy atom. The second kappa shape index (κ2) is 6.62. The molecule has 1 aromatic rings. The van der Waals surface area contributed by atoms with Crippen LogP contribution >= 0.6 is 11.6 Å². The van der Waals surface area contributed by atoms with Crippen LogP contribution in [-0.4, -0.2) is 12.1 Å². The van der Waals surface area contributed by atoms with Gasteiger partial charge in [0.2, 0.25) is 0 Å². The van der Waals surface area contributed by atoms with E-state index in [1.165, 1.54) is 6.42 Å². The van der Waals surface area contributed by atoms with Crippen molar-refractivity contribution in [2.45, 2.75) is 46.1 Å². The summed E-state index contributed by atoms with van der Waals surface area (Å²) in [6.45, 7) is 6.64. The number of carbonyl (C=O) groups is 1. The molecule has 0 N–H and O–H groups in total. The predicted octanol–water partition coefficient (Wildman–Crippen LogP) is 4.96. The minimum atomic E-state index is -0.291. The molecule has 0 aliphatic heterocycles. The SMILES string of the molecule is CC1CCC(C(C)C)C(OC(=O)c2ccccc2Cl)C1. The second-order valence-corrected chi connectivity index (χ2v) is 6.66. The van der Waals surface area contributed by atoms with Crippen LogP contribution in [-0.2, 0) is 4.74 Å². The van der Waals surface area contributed by atoms with E-state index < -0.39 is 0 Å². The molecule has 0 spiro atoms. The van der Waals surface area contributed by atoms with Gasteiger partial charge in [-0.05, 0) is 42.7 Å². The van der Waals surface area contributed by atoms with E-state index in [2.05, 4.69) is 20.8 Å². The van der Waals surface area contributed by atoms with E-state index in [1.807, 2.05) is 12.1 Å². The van der Waals surface area contributed by atoms with E-state index in [9.17, 15) is 4.79 Å². The summed E-state index contributed by atoms with van der Waals surface area (Å²) in [6, 6.07) is 7.08. The first kappa shape index (κ1) is 15.4. The van der Waals surface area contributed by atoms with Gasteiger partial charge in [0.1, 0.15) is 6.10 Å². The van der Waals surface area contributed by atoms with Crippen molar-refractivity contribution in [1.82, 2.24) is 0 Å². The van der Waals surface area contributed by atoms with Gasteiger partial charge >= 0.3 is 5.97 Å². The molecular weight excluding hydrogens is 272 g/mol. The molecule has 2 rings (SSSR count). The zero-order chi connectivity index (χ0) is 14.7. The lowest BCUT2D eigenvalue weighted by atomic mass is 9.75. The van der Waals surface area contributed by atoms with Gasteiger partial charge in [-0.2, -0.15) is 0 Å². The summed E-state index contributed by atoms with van der Waals surface area (Å²) in [5.74, 6) is 1.32. The van der Waals surface area contributed by atoms with Gasteiger partial charge in [-0.1, -0.05) is 50.9 Å². The van der Waals surface area contributed by atoms with E-state index in [0.29, 0.717) is 28.3 Å². The van der Waals surface area contributed by atoms with Crippen molar-refractivity contribution in [3.63, 3.8) is 0 Å². The molecular formula is C17H23ClO2. The van der Waals surface area contributed by atoms with Crippen molar-refractivity contribution in [2.75, 3.05) is 0 Å². The van der Waals surface area contributed by atoms with E-state index in [0.717, 1.165) is 12.8 Å². The molecule has 1 aliphatic rings. The van der Waals surface area contributed by atoms with Gasteiger partial charge < -0.3 is 4.74 Å². The van der Waals surface area contributed by atoms with E-state index in [-0.39, 0.29) is 12.1 Å². The lowest BCUT2D eigenvalue weighted by Gasteiger charge is -2.36. The molecule has 0 saturated heterocycles. The van der Waals surface area contributed by atoms with Crippen LogP contribution < -0.4 is 0 Å². The molecule has 110 valence electrons. The Bertz CT molecular complexity index is 470. The summed E-state index contributed by atoms with van der Waals surface area (Å²) < 4.78 is 5.78. The molecule has 1 saturated carbocycles. The smallest absolute Gasteiger partial charge is 0.339 e. The van der Waals surface area contributed by atoms with Crippen LogP contribution in [0.5, 0.6) is 0 Å². The first-order valence-electron chi connectivity index (χ1n) is 7.44. The average Bonchev–Trinajstić information content (AvgIpc) is 2.38. The van der Waals surface area contributed by atoms with Crippen molar-refractivity contribution >= 4 is 17.6 Å². The minimum absolute atomic E-state index is 0.0162. The first-order valence-corrected chi connectivity index (χ1v) is 7.82. The molecule has 0 radical (unpaired) electrons. The Hall–Kier alpha value is -1.02. The highest BCUT2D eigenvalue weighted by atomic mass is 35.5. The normalized spacial score (nSPS) is 26.6. The van der Waals surface area contributed by atoms with Crippen molar-refractivity contribution in [3.8, 4) is 0 Å². The molecule has 0 heterocycles. The van der Waals surface area contributed by atoms with Gasteiger partial charge in [-0.15, -0.1) is 0 Å². The van der Waals surface area contributed by atoms with Crippen LogP contribution in [0.15, 0.2) is 24.3 Å². The predicted molar refractivity (Wildman–Crippen MR) is 82.0 cm³/mol. The number of hydrogen-bond donors (Lipinski definition) is 0. The standard InChI is InChI=1S/C17H23ClO2/c1-11(2)13-9-8-12(3)10-16(13)20-17(19)14-6-4-5-7-15(14)18/h4-7,11-13,16H,8-10H2,1-3H3. The first-order chi connectivity index (χ1) is 9.49. The maximum Gasteiger partial charge on any atom is 0.339 e. The molecule has 3 atom stereocenters. The topological polar surface area (TPSA) is 26.3 Å². The maximum absolute atomic E-state index is 12.3. The summed E-state index contributed by atoms with van der Waals surface area (Å²) >= 11 is 6.06. The Kier molecular flexibility index (Phi) is 5.09. The Morgan fingerprint density at radius 2 is 2.00 bits per heavy atom. The monoisotopic (exact) mass is 294 g/mol. The van der Waals surface area contributed by atoms with E-state index in [4.69, 9.17) is 16.3 Å². The molecule has 20 heavy (non-hydrogen) atoms. The summed E-state index contributed by atoms with van der Waals surface area (Å²) in [6.07, 6.45) is 3.34. The number of rotatable bonds is 3. The molecule has 0 bridgehead atoms. The second-order valence-electron chi connectivity index (χ2n) is 6.25. The largest absolute Gasteiger partial charge is 0.458 e. The Balaban J connectivity index is 2.10. The van der Waals surface area contributed by atoms with Gasteiger partial charge in [0.15, 0.2) is 0 Å². The summed E-state index contributed by atoms with van der Waals surface area (Å²) in [5, 5.41) is 0.461. The van der Waals surface area contributed by atoms with E-state index >= 15 is 0 Å². The van der Waals surface area contributed by atoms with Crippen molar-refractivity contribution < 1.29 is 9.53 Å². The molecule has 2 nitrogen and oxygen atoms in total. The quantitative estimate of drug-likeness (QED) is 0.737. The van der Waals surface area contributed by atoms with Gasteiger partial charge in [-0.3, -0.25) is 0 Å².